The van der Waals surface area contributed by atoms with Crippen LogP contribution in [0.15, 0.2) is 60.8 Å². The van der Waals surface area contributed by atoms with Crippen LogP contribution in [-0.4, -0.2) is 21.0 Å². The summed E-state index contributed by atoms with van der Waals surface area (Å²) in [6.45, 7) is 4.17. The van der Waals surface area contributed by atoms with Crippen LogP contribution in [0, 0.1) is 0 Å². The molecule has 0 atom stereocenters. The van der Waals surface area contributed by atoms with Gasteiger partial charge >= 0.3 is 5.97 Å². The first-order valence-corrected chi connectivity index (χ1v) is 7.98. The average molecular weight is 334 g/mol. The van der Waals surface area contributed by atoms with E-state index in [0.717, 1.165) is 11.1 Å². The molecule has 5 nitrogen and oxygen atoms in total. The van der Waals surface area contributed by atoms with Gasteiger partial charge in [0.1, 0.15) is 11.3 Å². The van der Waals surface area contributed by atoms with Crippen molar-refractivity contribution >= 4 is 5.97 Å². The second-order valence-corrected chi connectivity index (χ2v) is 5.91. The lowest BCUT2D eigenvalue weighted by atomic mass is 10.0. The third-order valence-electron chi connectivity index (χ3n) is 3.76. The van der Waals surface area contributed by atoms with Gasteiger partial charge in [-0.1, -0.05) is 56.3 Å². The Kier molecular flexibility index (Phi) is 4.75. The van der Waals surface area contributed by atoms with Crippen molar-refractivity contribution < 1.29 is 14.6 Å². The average Bonchev–Trinajstić information content (AvgIpc) is 2.62. The van der Waals surface area contributed by atoms with Crippen LogP contribution < -0.4 is 4.74 Å². The van der Waals surface area contributed by atoms with Gasteiger partial charge in [0.25, 0.3) is 0 Å². The van der Waals surface area contributed by atoms with Gasteiger partial charge in [0, 0.05) is 11.8 Å². The van der Waals surface area contributed by atoms with Gasteiger partial charge in [0.2, 0.25) is 5.88 Å². The van der Waals surface area contributed by atoms with Crippen LogP contribution in [0.25, 0.3) is 11.4 Å². The highest BCUT2D eigenvalue weighted by Crippen LogP contribution is 2.28. The molecule has 2 aromatic carbocycles. The van der Waals surface area contributed by atoms with E-state index in [4.69, 9.17) is 4.74 Å². The largest absolute Gasteiger partial charge is 0.477 e. The van der Waals surface area contributed by atoms with E-state index in [0.29, 0.717) is 17.5 Å². The number of aromatic carboxylic acids is 1. The van der Waals surface area contributed by atoms with Gasteiger partial charge in [0.05, 0.1) is 0 Å². The summed E-state index contributed by atoms with van der Waals surface area (Å²) in [5.41, 5.74) is 1.82. The molecule has 0 aliphatic rings. The monoisotopic (exact) mass is 334 g/mol. The maximum absolute atomic E-state index is 11.5. The molecule has 3 rings (SSSR count). The lowest BCUT2D eigenvalue weighted by molar-refractivity contribution is 0.0693. The predicted octanol–water partition coefficient (Wildman–Crippen LogP) is 4.76. The SMILES string of the molecule is CC(C)c1cccc(Oc2nc(-c3ccccc3)ncc2C(=O)O)c1. The number of benzene rings is 2. The van der Waals surface area contributed by atoms with E-state index in [1.807, 2.05) is 48.5 Å². The van der Waals surface area contributed by atoms with Crippen LogP contribution in [0.5, 0.6) is 11.6 Å². The molecule has 1 N–H and O–H groups in total. The van der Waals surface area contributed by atoms with Gasteiger partial charge in [-0.05, 0) is 23.6 Å². The van der Waals surface area contributed by atoms with Crippen LogP contribution in [0.2, 0.25) is 0 Å². The molecule has 0 saturated heterocycles. The minimum absolute atomic E-state index is 0.0299. The molecule has 0 amide bonds. The number of nitrogens with zero attached hydrogens (tertiary/aromatic N) is 2. The second-order valence-electron chi connectivity index (χ2n) is 5.91. The van der Waals surface area contributed by atoms with Crippen LogP contribution in [-0.2, 0) is 0 Å². The van der Waals surface area contributed by atoms with Crippen LogP contribution in [0.3, 0.4) is 0 Å². The number of hydrogen-bond acceptors (Lipinski definition) is 4. The zero-order chi connectivity index (χ0) is 17.8. The van der Waals surface area contributed by atoms with Crippen molar-refractivity contribution in [2.45, 2.75) is 19.8 Å². The quantitative estimate of drug-likeness (QED) is 0.728. The lowest BCUT2D eigenvalue weighted by Gasteiger charge is -2.11. The minimum atomic E-state index is -1.13. The molecule has 5 heteroatoms. The molecule has 0 unspecified atom stereocenters. The normalized spacial score (nSPS) is 10.7. The smallest absolute Gasteiger partial charge is 0.342 e. The third kappa shape index (κ3) is 3.83. The summed E-state index contributed by atoms with van der Waals surface area (Å²) in [6.07, 6.45) is 1.28. The summed E-state index contributed by atoms with van der Waals surface area (Å²) in [4.78, 5) is 19.9. The van der Waals surface area contributed by atoms with E-state index in [2.05, 4.69) is 23.8 Å². The third-order valence-corrected chi connectivity index (χ3v) is 3.76. The summed E-state index contributed by atoms with van der Waals surface area (Å²) in [6, 6.07) is 16.9. The number of hydrogen-bond donors (Lipinski definition) is 1. The molecular weight excluding hydrogens is 316 g/mol. The van der Waals surface area contributed by atoms with E-state index >= 15 is 0 Å². The topological polar surface area (TPSA) is 72.3 Å². The molecule has 0 spiro atoms. The first-order chi connectivity index (χ1) is 12.0. The van der Waals surface area contributed by atoms with Crippen molar-refractivity contribution in [3.05, 3.63) is 71.9 Å². The van der Waals surface area contributed by atoms with Gasteiger partial charge in [-0.25, -0.2) is 9.78 Å². The van der Waals surface area contributed by atoms with Crippen LogP contribution >= 0.6 is 0 Å². The van der Waals surface area contributed by atoms with Gasteiger partial charge in [0.15, 0.2) is 5.82 Å². The molecule has 0 aliphatic heterocycles. The highest BCUT2D eigenvalue weighted by molar-refractivity contribution is 5.90. The fourth-order valence-electron chi connectivity index (χ4n) is 2.37. The highest BCUT2D eigenvalue weighted by Gasteiger charge is 2.17. The first-order valence-electron chi connectivity index (χ1n) is 7.98. The van der Waals surface area contributed by atoms with Gasteiger partial charge < -0.3 is 9.84 Å². The molecular formula is C20H18N2O3. The molecule has 0 aliphatic carbocycles. The van der Waals surface area contributed by atoms with Crippen molar-refractivity contribution in [2.75, 3.05) is 0 Å². The first kappa shape index (κ1) is 16.6. The van der Waals surface area contributed by atoms with Crippen molar-refractivity contribution in [1.29, 1.82) is 0 Å². The summed E-state index contributed by atoms with van der Waals surface area (Å²) in [7, 11) is 0. The van der Waals surface area contributed by atoms with Gasteiger partial charge in [-0.15, -0.1) is 0 Å². The molecule has 0 radical (unpaired) electrons. The van der Waals surface area contributed by atoms with Gasteiger partial charge in [-0.2, -0.15) is 4.98 Å². The number of aromatic nitrogens is 2. The van der Waals surface area contributed by atoms with E-state index in [9.17, 15) is 9.90 Å². The molecule has 126 valence electrons. The standard InChI is InChI=1S/C20H18N2O3/c1-13(2)15-9-6-10-16(11-15)25-19-17(20(23)24)12-21-18(22-19)14-7-4-3-5-8-14/h3-13H,1-2H3,(H,23,24). The number of carboxylic acid groups (broad SMARTS) is 1. The zero-order valence-electron chi connectivity index (χ0n) is 14.0. The Labute approximate surface area is 146 Å². The number of ether oxygens (including phenoxy) is 1. The summed E-state index contributed by atoms with van der Waals surface area (Å²) in [5.74, 6) is 0.205. The fourth-order valence-corrected chi connectivity index (χ4v) is 2.37. The molecule has 1 heterocycles. The van der Waals surface area contributed by atoms with Crippen LogP contribution in [0.4, 0.5) is 0 Å². The van der Waals surface area contributed by atoms with Crippen molar-refractivity contribution in [3.63, 3.8) is 0 Å². The molecule has 0 saturated carbocycles. The number of carboxylic acids is 1. The Morgan fingerprint density at radius 1 is 1.08 bits per heavy atom. The summed E-state index contributed by atoms with van der Waals surface area (Å²) >= 11 is 0. The Morgan fingerprint density at radius 3 is 2.52 bits per heavy atom. The zero-order valence-corrected chi connectivity index (χ0v) is 14.0. The highest BCUT2D eigenvalue weighted by atomic mass is 16.5. The Balaban J connectivity index is 2.01. The molecule has 1 aromatic heterocycles. The summed E-state index contributed by atoms with van der Waals surface area (Å²) in [5, 5.41) is 9.39. The summed E-state index contributed by atoms with van der Waals surface area (Å²) < 4.78 is 5.79. The van der Waals surface area contributed by atoms with Crippen LogP contribution in [0.1, 0.15) is 35.7 Å². The molecule has 0 bridgehead atoms. The maximum atomic E-state index is 11.5. The van der Waals surface area contributed by atoms with E-state index in [1.54, 1.807) is 6.07 Å². The number of carbonyl (C=O) groups is 1. The van der Waals surface area contributed by atoms with Crippen molar-refractivity contribution in [1.82, 2.24) is 9.97 Å². The minimum Gasteiger partial charge on any atom is -0.477 e. The van der Waals surface area contributed by atoms with Gasteiger partial charge in [-0.3, -0.25) is 0 Å². The Hall–Kier alpha value is -3.21. The van der Waals surface area contributed by atoms with Crippen molar-refractivity contribution in [2.24, 2.45) is 0 Å². The molecule has 0 fully saturated rings. The van der Waals surface area contributed by atoms with Crippen molar-refractivity contribution in [3.8, 4) is 23.0 Å². The fraction of sp³-hybridized carbons (Fsp3) is 0.150. The molecule has 3 aromatic rings. The van der Waals surface area contributed by atoms with E-state index < -0.39 is 5.97 Å². The Morgan fingerprint density at radius 2 is 1.84 bits per heavy atom. The number of rotatable bonds is 5. The van der Waals surface area contributed by atoms with E-state index in [1.165, 1.54) is 6.20 Å². The molecule has 25 heavy (non-hydrogen) atoms. The predicted molar refractivity (Wildman–Crippen MR) is 95.0 cm³/mol. The lowest BCUT2D eigenvalue weighted by Crippen LogP contribution is -2.05. The Bertz CT molecular complexity index is 892. The maximum Gasteiger partial charge on any atom is 0.342 e. The van der Waals surface area contributed by atoms with E-state index in [-0.39, 0.29) is 11.4 Å². The second kappa shape index (κ2) is 7.13.